The number of benzene rings is 2. The van der Waals surface area contributed by atoms with Crippen molar-refractivity contribution in [3.63, 3.8) is 0 Å². The number of nitrogens with zero attached hydrogens (tertiary/aromatic N) is 1. The van der Waals surface area contributed by atoms with Gasteiger partial charge in [0.1, 0.15) is 0 Å². The van der Waals surface area contributed by atoms with Crippen LogP contribution in [0.4, 0.5) is 0 Å². The topological polar surface area (TPSA) is 25.2 Å². The van der Waals surface area contributed by atoms with Crippen molar-refractivity contribution in [1.82, 2.24) is 4.57 Å². The SMILES string of the molecule is CCCn1c2ccccc2c2cc([C@@H](O)CC)ccc21. The highest BCUT2D eigenvalue weighted by Crippen LogP contribution is 2.31. The van der Waals surface area contributed by atoms with Crippen LogP contribution in [0.5, 0.6) is 0 Å². The van der Waals surface area contributed by atoms with E-state index in [-0.39, 0.29) is 6.10 Å². The monoisotopic (exact) mass is 267 g/mol. The lowest BCUT2D eigenvalue weighted by Gasteiger charge is -2.09. The van der Waals surface area contributed by atoms with Crippen LogP contribution in [0.2, 0.25) is 0 Å². The Balaban J connectivity index is 2.31. The van der Waals surface area contributed by atoms with Crippen molar-refractivity contribution < 1.29 is 5.11 Å². The molecule has 0 bridgehead atoms. The summed E-state index contributed by atoms with van der Waals surface area (Å²) in [5.41, 5.74) is 3.56. The Kier molecular flexibility index (Phi) is 3.49. The van der Waals surface area contributed by atoms with E-state index in [1.165, 1.54) is 21.8 Å². The summed E-state index contributed by atoms with van der Waals surface area (Å²) in [5.74, 6) is 0. The quantitative estimate of drug-likeness (QED) is 0.731. The molecule has 2 aromatic carbocycles. The zero-order valence-corrected chi connectivity index (χ0v) is 12.1. The summed E-state index contributed by atoms with van der Waals surface area (Å²) in [6.07, 6.45) is 1.50. The Morgan fingerprint density at radius 1 is 1.00 bits per heavy atom. The maximum absolute atomic E-state index is 10.1. The predicted octanol–water partition coefficient (Wildman–Crippen LogP) is 4.65. The summed E-state index contributed by atoms with van der Waals surface area (Å²) in [6.45, 7) is 5.24. The molecule has 2 nitrogen and oxygen atoms in total. The molecular formula is C18H21NO. The molecule has 3 rings (SSSR count). The van der Waals surface area contributed by atoms with Crippen LogP contribution in [-0.4, -0.2) is 9.67 Å². The normalized spacial score (nSPS) is 13.2. The first-order valence-corrected chi connectivity index (χ1v) is 7.45. The van der Waals surface area contributed by atoms with E-state index in [9.17, 15) is 5.11 Å². The van der Waals surface area contributed by atoms with Gasteiger partial charge in [0, 0.05) is 28.4 Å². The molecule has 0 spiro atoms. The summed E-state index contributed by atoms with van der Waals surface area (Å²) in [6, 6.07) is 14.9. The van der Waals surface area contributed by atoms with E-state index in [2.05, 4.69) is 54.0 Å². The standard InChI is InChI=1S/C18H21NO/c1-3-11-19-16-8-6-5-7-14(16)15-12-13(18(20)4-2)9-10-17(15)19/h5-10,12,18,20H,3-4,11H2,1-2H3/t18-/m0/s1. The molecule has 104 valence electrons. The molecule has 0 fully saturated rings. The van der Waals surface area contributed by atoms with Crippen LogP contribution in [0, 0.1) is 0 Å². The van der Waals surface area contributed by atoms with Gasteiger partial charge in [-0.2, -0.15) is 0 Å². The highest BCUT2D eigenvalue weighted by atomic mass is 16.3. The Labute approximate surface area is 119 Å². The highest BCUT2D eigenvalue weighted by Gasteiger charge is 2.12. The molecule has 0 unspecified atom stereocenters. The maximum atomic E-state index is 10.1. The van der Waals surface area contributed by atoms with E-state index in [1.807, 2.05) is 6.92 Å². The van der Waals surface area contributed by atoms with E-state index in [1.54, 1.807) is 0 Å². The minimum atomic E-state index is -0.368. The van der Waals surface area contributed by atoms with Crippen LogP contribution in [0.1, 0.15) is 38.4 Å². The van der Waals surface area contributed by atoms with Gasteiger partial charge in [0.25, 0.3) is 0 Å². The van der Waals surface area contributed by atoms with Gasteiger partial charge in [0.15, 0.2) is 0 Å². The second-order valence-corrected chi connectivity index (χ2v) is 5.37. The molecule has 1 N–H and O–H groups in total. The van der Waals surface area contributed by atoms with Gasteiger partial charge in [-0.25, -0.2) is 0 Å². The average molecular weight is 267 g/mol. The average Bonchev–Trinajstić information content (AvgIpc) is 2.81. The summed E-state index contributed by atoms with van der Waals surface area (Å²) in [4.78, 5) is 0. The third kappa shape index (κ3) is 2.01. The Bertz CT molecular complexity index is 742. The third-order valence-corrected chi connectivity index (χ3v) is 4.02. The molecule has 0 aliphatic rings. The van der Waals surface area contributed by atoms with Gasteiger partial charge in [-0.1, -0.05) is 38.1 Å². The lowest BCUT2D eigenvalue weighted by Crippen LogP contribution is -1.97. The number of hydrogen-bond donors (Lipinski definition) is 1. The predicted molar refractivity (Wildman–Crippen MR) is 85.0 cm³/mol. The molecule has 0 aliphatic heterocycles. The Hall–Kier alpha value is -1.80. The summed E-state index contributed by atoms with van der Waals surface area (Å²) in [7, 11) is 0. The van der Waals surface area contributed by atoms with Gasteiger partial charge >= 0.3 is 0 Å². The Morgan fingerprint density at radius 3 is 2.50 bits per heavy atom. The number of hydrogen-bond acceptors (Lipinski definition) is 1. The van der Waals surface area contributed by atoms with Crippen LogP contribution in [0.25, 0.3) is 21.8 Å². The van der Waals surface area contributed by atoms with Crippen molar-refractivity contribution >= 4 is 21.8 Å². The van der Waals surface area contributed by atoms with Crippen LogP contribution in [0.3, 0.4) is 0 Å². The number of fused-ring (bicyclic) bond motifs is 3. The molecular weight excluding hydrogens is 246 g/mol. The zero-order chi connectivity index (χ0) is 14.1. The van der Waals surface area contributed by atoms with Crippen molar-refractivity contribution in [2.24, 2.45) is 0 Å². The third-order valence-electron chi connectivity index (χ3n) is 4.02. The van der Waals surface area contributed by atoms with Gasteiger partial charge in [0.05, 0.1) is 6.10 Å². The molecule has 0 aliphatic carbocycles. The minimum absolute atomic E-state index is 0.368. The molecule has 1 atom stereocenters. The fourth-order valence-corrected chi connectivity index (χ4v) is 2.98. The number of para-hydroxylation sites is 1. The molecule has 3 aromatic rings. The Morgan fingerprint density at radius 2 is 1.75 bits per heavy atom. The lowest BCUT2D eigenvalue weighted by molar-refractivity contribution is 0.174. The van der Waals surface area contributed by atoms with Gasteiger partial charge in [-0.3, -0.25) is 0 Å². The largest absolute Gasteiger partial charge is 0.388 e. The van der Waals surface area contributed by atoms with E-state index in [0.717, 1.165) is 24.9 Å². The molecule has 20 heavy (non-hydrogen) atoms. The minimum Gasteiger partial charge on any atom is -0.388 e. The fourth-order valence-electron chi connectivity index (χ4n) is 2.98. The van der Waals surface area contributed by atoms with Crippen LogP contribution < -0.4 is 0 Å². The highest BCUT2D eigenvalue weighted by molar-refractivity contribution is 6.08. The van der Waals surface area contributed by atoms with Crippen molar-refractivity contribution in [2.75, 3.05) is 0 Å². The molecule has 1 aromatic heterocycles. The van der Waals surface area contributed by atoms with Gasteiger partial charge < -0.3 is 9.67 Å². The first kappa shape index (κ1) is 13.2. The van der Waals surface area contributed by atoms with E-state index < -0.39 is 0 Å². The first-order chi connectivity index (χ1) is 9.76. The summed E-state index contributed by atoms with van der Waals surface area (Å²) >= 11 is 0. The van der Waals surface area contributed by atoms with Crippen molar-refractivity contribution in [1.29, 1.82) is 0 Å². The molecule has 0 amide bonds. The molecule has 0 radical (unpaired) electrons. The number of aryl methyl sites for hydroxylation is 1. The maximum Gasteiger partial charge on any atom is 0.0787 e. The van der Waals surface area contributed by atoms with Crippen LogP contribution in [0.15, 0.2) is 42.5 Å². The second-order valence-electron chi connectivity index (χ2n) is 5.37. The summed E-state index contributed by atoms with van der Waals surface area (Å²) < 4.78 is 2.38. The van der Waals surface area contributed by atoms with E-state index in [0.29, 0.717) is 0 Å². The number of rotatable bonds is 4. The van der Waals surface area contributed by atoms with Gasteiger partial charge in [-0.15, -0.1) is 0 Å². The zero-order valence-electron chi connectivity index (χ0n) is 12.1. The van der Waals surface area contributed by atoms with Gasteiger partial charge in [-0.05, 0) is 36.6 Å². The first-order valence-electron chi connectivity index (χ1n) is 7.45. The summed E-state index contributed by atoms with van der Waals surface area (Å²) in [5, 5.41) is 12.6. The van der Waals surface area contributed by atoms with E-state index >= 15 is 0 Å². The number of aliphatic hydroxyl groups excluding tert-OH is 1. The van der Waals surface area contributed by atoms with E-state index in [4.69, 9.17) is 0 Å². The molecule has 0 saturated heterocycles. The molecule has 0 saturated carbocycles. The van der Waals surface area contributed by atoms with Crippen LogP contribution >= 0.6 is 0 Å². The number of aromatic nitrogens is 1. The van der Waals surface area contributed by atoms with Crippen molar-refractivity contribution in [2.45, 2.75) is 39.3 Å². The lowest BCUT2D eigenvalue weighted by atomic mass is 10.0. The van der Waals surface area contributed by atoms with Crippen molar-refractivity contribution in [3.8, 4) is 0 Å². The van der Waals surface area contributed by atoms with Crippen LogP contribution in [-0.2, 0) is 6.54 Å². The van der Waals surface area contributed by atoms with Gasteiger partial charge in [0.2, 0.25) is 0 Å². The smallest absolute Gasteiger partial charge is 0.0787 e. The molecule has 1 heterocycles. The van der Waals surface area contributed by atoms with Crippen molar-refractivity contribution in [3.05, 3.63) is 48.0 Å². The second kappa shape index (κ2) is 5.29. The fraction of sp³-hybridized carbons (Fsp3) is 0.333. The molecule has 2 heteroatoms. The number of aliphatic hydroxyl groups is 1.